The first-order valence-corrected chi connectivity index (χ1v) is 6.69. The summed E-state index contributed by atoms with van der Waals surface area (Å²) in [4.78, 5) is 27.6. The monoisotopic (exact) mass is 286 g/mol. The summed E-state index contributed by atoms with van der Waals surface area (Å²) in [5.41, 5.74) is -0.379. The maximum Gasteiger partial charge on any atom is 0.515 e. The Balaban J connectivity index is 2.89. The molecule has 0 fully saturated rings. The number of ether oxygens (including phenoxy) is 2. The lowest BCUT2D eigenvalue weighted by Crippen LogP contribution is -2.40. The van der Waals surface area contributed by atoms with Crippen LogP contribution in [0.25, 0.3) is 0 Å². The summed E-state index contributed by atoms with van der Waals surface area (Å²) in [6, 6.07) is 0. The molecule has 1 amide bonds. The number of thiazole rings is 1. The molecule has 7 heteroatoms. The molecule has 1 N–H and O–H groups in total. The van der Waals surface area contributed by atoms with Crippen LogP contribution >= 0.6 is 11.3 Å². The first kappa shape index (κ1) is 15.4. The van der Waals surface area contributed by atoms with Gasteiger partial charge >= 0.3 is 6.16 Å². The molecule has 0 aliphatic rings. The van der Waals surface area contributed by atoms with Crippen molar-refractivity contribution in [1.82, 2.24) is 10.3 Å². The van der Waals surface area contributed by atoms with Crippen molar-refractivity contribution in [2.45, 2.75) is 40.2 Å². The number of nitrogens with one attached hydrogen (secondary N) is 1. The van der Waals surface area contributed by atoms with Crippen LogP contribution in [-0.4, -0.2) is 29.2 Å². The molecule has 0 saturated heterocycles. The third kappa shape index (κ3) is 4.86. The number of aromatic nitrogens is 1. The van der Waals surface area contributed by atoms with Gasteiger partial charge in [0.2, 0.25) is 0 Å². The molecule has 1 aromatic heterocycles. The number of carbonyl (C=O) groups is 2. The van der Waals surface area contributed by atoms with Gasteiger partial charge in [-0.25, -0.2) is 9.78 Å². The minimum Gasteiger partial charge on any atom is -0.434 e. The second-order valence-corrected chi connectivity index (χ2v) is 6.06. The minimum absolute atomic E-state index is 0.0114. The van der Waals surface area contributed by atoms with E-state index in [9.17, 15) is 9.59 Å². The number of amides is 1. The van der Waals surface area contributed by atoms with Crippen molar-refractivity contribution in [2.75, 3.05) is 6.61 Å². The summed E-state index contributed by atoms with van der Waals surface area (Å²) >= 11 is 1.17. The Morgan fingerprint density at radius 3 is 2.53 bits per heavy atom. The van der Waals surface area contributed by atoms with Gasteiger partial charge in [0.05, 0.1) is 11.6 Å². The molecule has 0 bridgehead atoms. The van der Waals surface area contributed by atoms with E-state index >= 15 is 0 Å². The molecule has 19 heavy (non-hydrogen) atoms. The SMILES string of the molecule is CCOC(=O)Oc1nc(C)sc1C(=O)NC(C)(C)C. The highest BCUT2D eigenvalue weighted by atomic mass is 32.1. The Kier molecular flexibility index (Phi) is 4.88. The quantitative estimate of drug-likeness (QED) is 0.864. The lowest BCUT2D eigenvalue weighted by molar-refractivity contribution is 0.0910. The van der Waals surface area contributed by atoms with Crippen LogP contribution in [-0.2, 0) is 4.74 Å². The van der Waals surface area contributed by atoms with Gasteiger partial charge in [0.1, 0.15) is 0 Å². The van der Waals surface area contributed by atoms with E-state index in [0.29, 0.717) is 5.01 Å². The molecule has 0 unspecified atom stereocenters. The van der Waals surface area contributed by atoms with E-state index in [2.05, 4.69) is 15.0 Å². The number of carbonyl (C=O) groups excluding carboxylic acids is 2. The molecule has 6 nitrogen and oxygen atoms in total. The molecule has 1 rings (SSSR count). The molecule has 1 heterocycles. The Morgan fingerprint density at radius 2 is 2.00 bits per heavy atom. The van der Waals surface area contributed by atoms with Crippen molar-refractivity contribution < 1.29 is 19.1 Å². The predicted molar refractivity (Wildman–Crippen MR) is 71.7 cm³/mol. The van der Waals surface area contributed by atoms with E-state index in [-0.39, 0.29) is 28.8 Å². The van der Waals surface area contributed by atoms with Crippen LogP contribution in [0.5, 0.6) is 5.88 Å². The van der Waals surface area contributed by atoms with Crippen LogP contribution in [0.2, 0.25) is 0 Å². The molecule has 1 aromatic rings. The van der Waals surface area contributed by atoms with Crippen LogP contribution in [0.4, 0.5) is 4.79 Å². The molecule has 0 aromatic carbocycles. The van der Waals surface area contributed by atoms with Gasteiger partial charge in [0, 0.05) is 5.54 Å². The van der Waals surface area contributed by atoms with Gasteiger partial charge in [-0.15, -0.1) is 11.3 Å². The normalized spacial score (nSPS) is 11.0. The zero-order valence-electron chi connectivity index (χ0n) is 11.7. The Morgan fingerprint density at radius 1 is 1.37 bits per heavy atom. The molecule has 0 radical (unpaired) electrons. The van der Waals surface area contributed by atoms with Gasteiger partial charge in [-0.1, -0.05) is 0 Å². The molecule has 106 valence electrons. The van der Waals surface area contributed by atoms with E-state index in [1.54, 1.807) is 13.8 Å². The fourth-order valence-electron chi connectivity index (χ4n) is 1.24. The van der Waals surface area contributed by atoms with Crippen molar-refractivity contribution in [1.29, 1.82) is 0 Å². The maximum atomic E-state index is 12.1. The first-order valence-electron chi connectivity index (χ1n) is 5.87. The topological polar surface area (TPSA) is 77.5 Å². The summed E-state index contributed by atoms with van der Waals surface area (Å²) < 4.78 is 9.58. The van der Waals surface area contributed by atoms with Crippen LogP contribution in [0.15, 0.2) is 0 Å². The Labute approximate surface area is 116 Å². The first-order chi connectivity index (χ1) is 8.73. The minimum atomic E-state index is -0.863. The Hall–Kier alpha value is -1.63. The van der Waals surface area contributed by atoms with Crippen LogP contribution in [0.3, 0.4) is 0 Å². The van der Waals surface area contributed by atoms with E-state index in [4.69, 9.17) is 4.74 Å². The van der Waals surface area contributed by atoms with Gasteiger partial charge in [0.15, 0.2) is 4.88 Å². The van der Waals surface area contributed by atoms with E-state index in [0.717, 1.165) is 0 Å². The van der Waals surface area contributed by atoms with Gasteiger partial charge in [-0.2, -0.15) is 0 Å². The highest BCUT2D eigenvalue weighted by molar-refractivity contribution is 7.13. The molecule has 0 atom stereocenters. The summed E-state index contributed by atoms with van der Waals surface area (Å²) in [6.07, 6.45) is -0.863. The fraction of sp³-hybridized carbons (Fsp3) is 0.583. The van der Waals surface area contributed by atoms with Crippen molar-refractivity contribution in [3.8, 4) is 5.88 Å². The summed E-state index contributed by atoms with van der Waals surface area (Å²) in [5, 5.41) is 3.43. The van der Waals surface area contributed by atoms with Crippen LogP contribution < -0.4 is 10.1 Å². The zero-order valence-corrected chi connectivity index (χ0v) is 12.5. The summed E-state index contributed by atoms with van der Waals surface area (Å²) in [7, 11) is 0. The lowest BCUT2D eigenvalue weighted by Gasteiger charge is -2.19. The van der Waals surface area contributed by atoms with E-state index in [1.165, 1.54) is 11.3 Å². The van der Waals surface area contributed by atoms with Gasteiger partial charge in [-0.3, -0.25) is 4.79 Å². The number of hydrogen-bond donors (Lipinski definition) is 1. The van der Waals surface area contributed by atoms with Crippen molar-refractivity contribution in [2.24, 2.45) is 0 Å². The standard InChI is InChI=1S/C12H18N2O4S/c1-6-17-11(16)18-10-8(19-7(2)13-10)9(15)14-12(3,4)5/h6H2,1-5H3,(H,14,15). The van der Waals surface area contributed by atoms with Crippen molar-refractivity contribution >= 4 is 23.4 Å². The second-order valence-electron chi connectivity index (χ2n) is 4.86. The zero-order chi connectivity index (χ0) is 14.6. The Bertz CT molecular complexity index is 477. The summed E-state index contributed by atoms with van der Waals surface area (Å²) in [6.45, 7) is 9.20. The fourth-order valence-corrected chi connectivity index (χ4v) is 1.99. The predicted octanol–water partition coefficient (Wildman–Crippen LogP) is 2.52. The smallest absolute Gasteiger partial charge is 0.434 e. The molecule has 0 spiro atoms. The van der Waals surface area contributed by atoms with E-state index < -0.39 is 6.16 Å². The van der Waals surface area contributed by atoms with Crippen molar-refractivity contribution in [3.63, 3.8) is 0 Å². The lowest BCUT2D eigenvalue weighted by atomic mass is 10.1. The highest BCUT2D eigenvalue weighted by Crippen LogP contribution is 2.25. The molecule has 0 saturated carbocycles. The van der Waals surface area contributed by atoms with Gasteiger partial charge < -0.3 is 14.8 Å². The largest absolute Gasteiger partial charge is 0.515 e. The highest BCUT2D eigenvalue weighted by Gasteiger charge is 2.24. The number of aryl methyl sites for hydroxylation is 1. The third-order valence-electron chi connectivity index (χ3n) is 1.84. The average Bonchev–Trinajstić information content (AvgIpc) is 2.57. The molecular weight excluding hydrogens is 268 g/mol. The van der Waals surface area contributed by atoms with Gasteiger partial charge in [0.25, 0.3) is 11.8 Å². The number of hydrogen-bond acceptors (Lipinski definition) is 6. The third-order valence-corrected chi connectivity index (χ3v) is 2.79. The number of nitrogens with zero attached hydrogens (tertiary/aromatic N) is 1. The van der Waals surface area contributed by atoms with Gasteiger partial charge in [-0.05, 0) is 34.6 Å². The second kappa shape index (κ2) is 6.01. The number of rotatable bonds is 3. The van der Waals surface area contributed by atoms with Crippen LogP contribution in [0, 0.1) is 6.92 Å². The van der Waals surface area contributed by atoms with Crippen molar-refractivity contribution in [3.05, 3.63) is 9.88 Å². The molecular formula is C12H18N2O4S. The summed E-state index contributed by atoms with van der Waals surface area (Å²) in [5.74, 6) is -0.333. The molecule has 0 aliphatic carbocycles. The maximum absolute atomic E-state index is 12.1. The van der Waals surface area contributed by atoms with Crippen LogP contribution in [0.1, 0.15) is 42.4 Å². The molecule has 0 aliphatic heterocycles. The van der Waals surface area contributed by atoms with E-state index in [1.807, 2.05) is 20.8 Å². The average molecular weight is 286 g/mol.